The monoisotopic (exact) mass is 350 g/mol. The lowest BCUT2D eigenvalue weighted by molar-refractivity contribution is -0.139. The normalized spacial score (nSPS) is 27.7. The van der Waals surface area contributed by atoms with Crippen molar-refractivity contribution in [1.29, 1.82) is 0 Å². The zero-order chi connectivity index (χ0) is 18.6. The Morgan fingerprint density at radius 2 is 1.84 bits per heavy atom. The molecule has 0 saturated carbocycles. The number of rotatable bonds is 3. The van der Waals surface area contributed by atoms with E-state index in [-0.39, 0.29) is 24.2 Å². The molecular weight excluding hydrogens is 319 g/mol. The molecule has 0 bridgehead atoms. The highest BCUT2D eigenvalue weighted by molar-refractivity contribution is 6.62. The lowest BCUT2D eigenvalue weighted by Gasteiger charge is -2.47. The van der Waals surface area contributed by atoms with Gasteiger partial charge in [-0.05, 0) is 41.5 Å². The summed E-state index contributed by atoms with van der Waals surface area (Å²) in [5.41, 5.74) is 2.72. The highest BCUT2D eigenvalue weighted by atomic mass is 16.7. The number of hydrogen-bond acceptors (Lipinski definition) is 5. The van der Waals surface area contributed by atoms with Crippen molar-refractivity contribution < 1.29 is 18.8 Å². The summed E-state index contributed by atoms with van der Waals surface area (Å²) in [6.07, 6.45) is 0.00409. The van der Waals surface area contributed by atoms with Gasteiger partial charge < -0.3 is 18.8 Å². The Balaban J connectivity index is 1.79. The molecule has 2 fully saturated rings. The molecule has 0 radical (unpaired) electrons. The van der Waals surface area contributed by atoms with E-state index in [4.69, 9.17) is 23.9 Å². The molecule has 2 aliphatic heterocycles. The zero-order valence-electron chi connectivity index (χ0n) is 16.8. The molecule has 0 spiro atoms. The van der Waals surface area contributed by atoms with Gasteiger partial charge in [0, 0.05) is 23.2 Å². The highest BCUT2D eigenvalue weighted by Crippen LogP contribution is 2.38. The molecule has 7 heteroatoms. The van der Waals surface area contributed by atoms with Crippen molar-refractivity contribution in [2.24, 2.45) is 5.41 Å². The maximum atomic E-state index is 6.32. The van der Waals surface area contributed by atoms with Gasteiger partial charge in [-0.3, -0.25) is 4.68 Å². The first-order valence-corrected chi connectivity index (χ1v) is 9.07. The quantitative estimate of drug-likeness (QED) is 0.783. The molecule has 1 aromatic heterocycles. The van der Waals surface area contributed by atoms with Crippen molar-refractivity contribution in [2.75, 3.05) is 13.2 Å². The van der Waals surface area contributed by atoms with Crippen molar-refractivity contribution >= 4 is 12.6 Å². The zero-order valence-corrected chi connectivity index (χ0v) is 16.8. The molecule has 0 N–H and O–H groups in total. The maximum absolute atomic E-state index is 6.32. The molecule has 3 heterocycles. The number of ether oxygens (including phenoxy) is 2. The van der Waals surface area contributed by atoms with Gasteiger partial charge >= 0.3 is 7.12 Å². The Kier molecular flexibility index (Phi) is 4.60. The summed E-state index contributed by atoms with van der Waals surface area (Å²) in [7, 11) is -0.381. The van der Waals surface area contributed by atoms with E-state index in [9.17, 15) is 0 Å². The third-order valence-corrected chi connectivity index (χ3v) is 5.74. The molecule has 6 nitrogen and oxygen atoms in total. The van der Waals surface area contributed by atoms with Crippen molar-refractivity contribution in [3.8, 4) is 0 Å². The summed E-state index contributed by atoms with van der Waals surface area (Å²) < 4.78 is 25.9. The van der Waals surface area contributed by atoms with E-state index in [1.807, 2.05) is 25.5 Å². The van der Waals surface area contributed by atoms with Gasteiger partial charge in [0.15, 0.2) is 5.79 Å². The Labute approximate surface area is 151 Å². The van der Waals surface area contributed by atoms with E-state index < -0.39 is 5.79 Å². The smallest absolute Gasteiger partial charge is 0.407 e. The van der Waals surface area contributed by atoms with Crippen molar-refractivity contribution in [3.63, 3.8) is 0 Å². The molecule has 25 heavy (non-hydrogen) atoms. The minimum Gasteiger partial charge on any atom is -0.407 e. The summed E-state index contributed by atoms with van der Waals surface area (Å²) >= 11 is 0. The Morgan fingerprint density at radius 3 is 2.40 bits per heavy atom. The van der Waals surface area contributed by atoms with Gasteiger partial charge in [-0.25, -0.2) is 0 Å². The van der Waals surface area contributed by atoms with Crippen molar-refractivity contribution in [3.05, 3.63) is 11.4 Å². The fourth-order valence-electron chi connectivity index (χ4n) is 3.34. The van der Waals surface area contributed by atoms with Crippen LogP contribution in [0.5, 0.6) is 0 Å². The largest absolute Gasteiger partial charge is 0.498 e. The van der Waals surface area contributed by atoms with Crippen LogP contribution in [0.3, 0.4) is 0 Å². The predicted molar refractivity (Wildman–Crippen MR) is 96.9 cm³/mol. The van der Waals surface area contributed by atoms with E-state index >= 15 is 0 Å². The Morgan fingerprint density at radius 1 is 1.16 bits per heavy atom. The van der Waals surface area contributed by atoms with E-state index in [0.717, 1.165) is 16.9 Å². The summed E-state index contributed by atoms with van der Waals surface area (Å²) in [6.45, 7) is 18.5. The van der Waals surface area contributed by atoms with E-state index in [1.54, 1.807) is 0 Å². The van der Waals surface area contributed by atoms with Gasteiger partial charge in [-0.2, -0.15) is 5.10 Å². The van der Waals surface area contributed by atoms with E-state index in [0.29, 0.717) is 19.8 Å². The van der Waals surface area contributed by atoms with Crippen LogP contribution in [-0.2, 0) is 25.3 Å². The minimum atomic E-state index is -0.519. The fourth-order valence-corrected chi connectivity index (χ4v) is 3.34. The van der Waals surface area contributed by atoms with Crippen LogP contribution in [0.2, 0.25) is 0 Å². The molecule has 140 valence electrons. The van der Waals surface area contributed by atoms with Crippen LogP contribution in [-0.4, -0.2) is 47.6 Å². The Bertz CT molecular complexity index is 654. The van der Waals surface area contributed by atoms with E-state index in [2.05, 4.69) is 34.6 Å². The summed E-state index contributed by atoms with van der Waals surface area (Å²) in [6, 6.07) is 0. The second-order valence-electron chi connectivity index (χ2n) is 8.87. The van der Waals surface area contributed by atoms with Crippen molar-refractivity contribution in [1.82, 2.24) is 9.78 Å². The van der Waals surface area contributed by atoms with Crippen molar-refractivity contribution in [2.45, 2.75) is 79.4 Å². The SMILES string of the molecule is Cc1nn(C[C@@H]2COC(C)(C)O2)c(C)c1B1OCC(C)(C)C(C)(C)O1. The van der Waals surface area contributed by atoms with Crippen LogP contribution in [0.15, 0.2) is 0 Å². The van der Waals surface area contributed by atoms with Crippen LogP contribution in [0.1, 0.15) is 52.9 Å². The molecule has 0 aliphatic carbocycles. The molecule has 0 unspecified atom stereocenters. The maximum Gasteiger partial charge on any atom is 0.498 e. The number of aryl methyl sites for hydroxylation is 1. The molecule has 2 aliphatic rings. The predicted octanol–water partition coefficient (Wildman–Crippen LogP) is 2.20. The van der Waals surface area contributed by atoms with Gasteiger partial charge in [0.2, 0.25) is 0 Å². The third-order valence-electron chi connectivity index (χ3n) is 5.74. The van der Waals surface area contributed by atoms with Gasteiger partial charge in [0.1, 0.15) is 6.10 Å². The van der Waals surface area contributed by atoms with Crippen LogP contribution < -0.4 is 5.46 Å². The van der Waals surface area contributed by atoms with Gasteiger partial charge in [0.05, 0.1) is 24.4 Å². The summed E-state index contributed by atoms with van der Waals surface area (Å²) in [5, 5.41) is 4.70. The summed E-state index contributed by atoms with van der Waals surface area (Å²) in [4.78, 5) is 0. The molecule has 3 rings (SSSR count). The highest BCUT2D eigenvalue weighted by Gasteiger charge is 2.48. The first-order chi connectivity index (χ1) is 11.4. The molecular formula is C18H31BN2O4. The topological polar surface area (TPSA) is 54.7 Å². The lowest BCUT2D eigenvalue weighted by atomic mass is 9.68. The molecule has 0 aromatic carbocycles. The minimum absolute atomic E-state index is 0.00409. The Hall–Kier alpha value is -0.885. The first-order valence-electron chi connectivity index (χ1n) is 9.07. The average molecular weight is 350 g/mol. The van der Waals surface area contributed by atoms with Gasteiger partial charge in [-0.1, -0.05) is 13.8 Å². The molecule has 1 atom stereocenters. The molecule has 1 aromatic rings. The molecule has 0 amide bonds. The summed E-state index contributed by atoms with van der Waals surface area (Å²) in [5.74, 6) is -0.519. The van der Waals surface area contributed by atoms with Crippen LogP contribution in [0, 0.1) is 19.3 Å². The molecule has 2 saturated heterocycles. The lowest BCUT2D eigenvalue weighted by Crippen LogP contribution is -2.58. The van der Waals surface area contributed by atoms with E-state index in [1.165, 1.54) is 0 Å². The van der Waals surface area contributed by atoms with Gasteiger partial charge in [0.25, 0.3) is 0 Å². The standard InChI is InChI=1S/C18H31BN2O4/c1-12-15(19-23-11-16(3,4)17(5,6)25-19)13(2)21(20-12)9-14-10-22-18(7,8)24-14/h14H,9-11H2,1-8H3/t14-/m1/s1. The van der Waals surface area contributed by atoms with Crippen LogP contribution >= 0.6 is 0 Å². The second-order valence-corrected chi connectivity index (χ2v) is 8.87. The van der Waals surface area contributed by atoms with Crippen LogP contribution in [0.25, 0.3) is 0 Å². The number of aromatic nitrogens is 2. The number of hydrogen-bond donors (Lipinski definition) is 0. The number of nitrogens with zero attached hydrogens (tertiary/aromatic N) is 2. The second kappa shape index (κ2) is 6.08. The van der Waals surface area contributed by atoms with Gasteiger partial charge in [-0.15, -0.1) is 0 Å². The first kappa shape index (κ1) is 18.9. The van der Waals surface area contributed by atoms with Crippen LogP contribution in [0.4, 0.5) is 0 Å². The third kappa shape index (κ3) is 3.52. The average Bonchev–Trinajstić information content (AvgIpc) is 2.94. The fraction of sp³-hybridized carbons (Fsp3) is 0.833.